The summed E-state index contributed by atoms with van der Waals surface area (Å²) >= 11 is 8.70. The molecule has 2 aromatic heterocycles. The van der Waals surface area contributed by atoms with Crippen LogP contribution >= 0.6 is 43.2 Å². The van der Waals surface area contributed by atoms with Gasteiger partial charge < -0.3 is 4.74 Å². The van der Waals surface area contributed by atoms with Gasteiger partial charge in [-0.1, -0.05) is 0 Å². The Morgan fingerprint density at radius 1 is 1.55 bits per heavy atom. The monoisotopic (exact) mass is 422 g/mol. The van der Waals surface area contributed by atoms with Crippen LogP contribution in [0.1, 0.15) is 23.7 Å². The van der Waals surface area contributed by atoms with Crippen LogP contribution in [0, 0.1) is 0 Å². The highest BCUT2D eigenvalue weighted by Gasteiger charge is 2.21. The smallest absolute Gasteiger partial charge is 0.0897 e. The van der Waals surface area contributed by atoms with Crippen molar-refractivity contribution in [1.29, 1.82) is 0 Å². The number of nitrogens with zero attached hydrogens (tertiary/aromatic N) is 2. The van der Waals surface area contributed by atoms with Gasteiger partial charge in [-0.25, -0.2) is 5.43 Å². The molecule has 1 unspecified atom stereocenters. The summed E-state index contributed by atoms with van der Waals surface area (Å²) in [5, 5.41) is 4.36. The van der Waals surface area contributed by atoms with Gasteiger partial charge in [0.1, 0.15) is 0 Å². The summed E-state index contributed by atoms with van der Waals surface area (Å²) in [5.74, 6) is 5.75. The van der Waals surface area contributed by atoms with Crippen LogP contribution in [0.3, 0.4) is 0 Å². The van der Waals surface area contributed by atoms with Gasteiger partial charge in [-0.05, 0) is 50.4 Å². The number of aryl methyl sites for hydroxylation is 1. The van der Waals surface area contributed by atoms with Crippen molar-refractivity contribution in [3.8, 4) is 0 Å². The molecule has 0 saturated heterocycles. The molecule has 8 heteroatoms. The van der Waals surface area contributed by atoms with Crippen molar-refractivity contribution in [1.82, 2.24) is 15.2 Å². The Kier molecular flexibility index (Phi) is 6.19. The molecule has 0 amide bonds. The second kappa shape index (κ2) is 7.67. The molecule has 0 saturated carbocycles. The van der Waals surface area contributed by atoms with Gasteiger partial charge >= 0.3 is 0 Å². The zero-order valence-electron chi connectivity index (χ0n) is 11.0. The molecule has 2 rings (SSSR count). The summed E-state index contributed by atoms with van der Waals surface area (Å²) in [7, 11) is 1.70. The molecule has 0 fully saturated rings. The molecule has 0 bridgehead atoms. The number of nitrogens with one attached hydrogen (secondary N) is 1. The lowest BCUT2D eigenvalue weighted by atomic mass is 10.1. The predicted molar refractivity (Wildman–Crippen MR) is 87.6 cm³/mol. The summed E-state index contributed by atoms with van der Waals surface area (Å²) in [6.45, 7) is 1.52. The maximum atomic E-state index is 5.75. The average Bonchev–Trinajstić information content (AvgIpc) is 2.99. The van der Waals surface area contributed by atoms with Crippen molar-refractivity contribution in [2.75, 3.05) is 13.7 Å². The highest BCUT2D eigenvalue weighted by Crippen LogP contribution is 2.37. The minimum absolute atomic E-state index is 0.100. The molecule has 0 aliphatic rings. The van der Waals surface area contributed by atoms with Crippen LogP contribution < -0.4 is 11.3 Å². The van der Waals surface area contributed by atoms with Crippen molar-refractivity contribution in [3.05, 3.63) is 37.2 Å². The maximum Gasteiger partial charge on any atom is 0.0897 e. The van der Waals surface area contributed by atoms with E-state index in [2.05, 4.69) is 48.5 Å². The molecule has 2 aromatic rings. The number of thiophene rings is 1. The van der Waals surface area contributed by atoms with Gasteiger partial charge in [0.2, 0.25) is 0 Å². The lowest BCUT2D eigenvalue weighted by Crippen LogP contribution is -2.30. The number of rotatable bonds is 7. The van der Waals surface area contributed by atoms with Crippen LogP contribution in [0.4, 0.5) is 0 Å². The van der Waals surface area contributed by atoms with Crippen LogP contribution in [0.2, 0.25) is 0 Å². The van der Waals surface area contributed by atoms with Crippen LogP contribution in [-0.4, -0.2) is 23.5 Å². The van der Waals surface area contributed by atoms with Gasteiger partial charge in [0, 0.05) is 32.0 Å². The molecule has 0 radical (unpaired) electrons. The Morgan fingerprint density at radius 2 is 2.35 bits per heavy atom. The quantitative estimate of drug-likeness (QED) is 0.408. The van der Waals surface area contributed by atoms with Crippen LogP contribution in [0.5, 0.6) is 0 Å². The molecule has 0 aliphatic carbocycles. The molecular weight excluding hydrogens is 408 g/mol. The Bertz CT molecular complexity index is 557. The van der Waals surface area contributed by atoms with Crippen molar-refractivity contribution >= 4 is 43.2 Å². The minimum Gasteiger partial charge on any atom is -0.385 e. The first-order valence-electron chi connectivity index (χ1n) is 6.09. The maximum absolute atomic E-state index is 5.75. The zero-order chi connectivity index (χ0) is 14.5. The summed E-state index contributed by atoms with van der Waals surface area (Å²) in [5.41, 5.74) is 5.00. The average molecular weight is 424 g/mol. The van der Waals surface area contributed by atoms with E-state index in [9.17, 15) is 0 Å². The molecule has 0 aromatic carbocycles. The van der Waals surface area contributed by atoms with E-state index in [4.69, 9.17) is 10.6 Å². The van der Waals surface area contributed by atoms with Gasteiger partial charge in [-0.3, -0.25) is 10.5 Å². The summed E-state index contributed by atoms with van der Waals surface area (Å²) in [6, 6.07) is 3.94. The Labute approximate surface area is 138 Å². The summed E-state index contributed by atoms with van der Waals surface area (Å²) in [6.07, 6.45) is 2.71. The van der Waals surface area contributed by atoms with Crippen molar-refractivity contribution in [2.24, 2.45) is 5.84 Å². The standard InChI is InChI=1S/C12H16Br2N4OS/c1-19-6-2-5-18-9(3-4-16-18)11(17-15)8-7-10(13)20-12(8)14/h3-4,7,11,17H,2,5-6,15H2,1H3. The number of ether oxygens (including phenoxy) is 1. The van der Waals surface area contributed by atoms with Gasteiger partial charge in [-0.2, -0.15) is 5.10 Å². The Hall–Kier alpha value is -0.250. The second-order valence-electron chi connectivity index (χ2n) is 4.20. The number of hydrogen-bond acceptors (Lipinski definition) is 5. The predicted octanol–water partition coefficient (Wildman–Crippen LogP) is 3.06. The largest absolute Gasteiger partial charge is 0.385 e. The highest BCUT2D eigenvalue weighted by molar-refractivity contribution is 9.12. The van der Waals surface area contributed by atoms with Gasteiger partial charge in [0.15, 0.2) is 0 Å². The molecule has 20 heavy (non-hydrogen) atoms. The van der Waals surface area contributed by atoms with Gasteiger partial charge in [0.05, 0.1) is 19.3 Å². The fourth-order valence-corrected chi connectivity index (χ4v) is 4.92. The molecule has 5 nitrogen and oxygen atoms in total. The molecule has 110 valence electrons. The van der Waals surface area contributed by atoms with E-state index in [0.717, 1.165) is 31.8 Å². The van der Waals surface area contributed by atoms with E-state index < -0.39 is 0 Å². The first-order chi connectivity index (χ1) is 9.67. The van der Waals surface area contributed by atoms with Crippen molar-refractivity contribution in [3.63, 3.8) is 0 Å². The molecule has 0 aliphatic heterocycles. The Morgan fingerprint density at radius 3 is 2.95 bits per heavy atom. The number of hydrazine groups is 1. The minimum atomic E-state index is -0.100. The van der Waals surface area contributed by atoms with Gasteiger partial charge in [-0.15, -0.1) is 11.3 Å². The SMILES string of the molecule is COCCCn1nccc1C(NN)c1cc(Br)sc1Br. The molecule has 1 atom stereocenters. The fraction of sp³-hybridized carbons (Fsp3) is 0.417. The van der Waals surface area contributed by atoms with Crippen molar-refractivity contribution < 1.29 is 4.74 Å². The van der Waals surface area contributed by atoms with E-state index in [0.29, 0.717) is 6.61 Å². The third kappa shape index (κ3) is 3.69. The van der Waals surface area contributed by atoms with E-state index in [-0.39, 0.29) is 6.04 Å². The number of halogens is 2. The lowest BCUT2D eigenvalue weighted by Gasteiger charge is -2.17. The number of hydrogen-bond donors (Lipinski definition) is 2. The number of methoxy groups -OCH3 is 1. The summed E-state index contributed by atoms with van der Waals surface area (Å²) < 4.78 is 9.15. The van der Waals surface area contributed by atoms with E-state index in [1.54, 1.807) is 24.6 Å². The van der Waals surface area contributed by atoms with Crippen LogP contribution in [0.25, 0.3) is 0 Å². The van der Waals surface area contributed by atoms with E-state index in [1.807, 2.05) is 10.7 Å². The molecule has 3 N–H and O–H groups in total. The first kappa shape index (κ1) is 16.1. The van der Waals surface area contributed by atoms with Crippen molar-refractivity contribution in [2.45, 2.75) is 19.0 Å². The molecular formula is C12H16Br2N4OS. The second-order valence-corrected chi connectivity index (χ2v) is 7.95. The van der Waals surface area contributed by atoms with Gasteiger partial charge in [0.25, 0.3) is 0 Å². The third-order valence-corrected chi connectivity index (χ3v) is 5.31. The number of aromatic nitrogens is 2. The third-order valence-electron chi connectivity index (χ3n) is 2.92. The summed E-state index contributed by atoms with van der Waals surface area (Å²) in [4.78, 5) is 0. The normalized spacial score (nSPS) is 12.8. The fourth-order valence-electron chi connectivity index (χ4n) is 2.02. The van der Waals surface area contributed by atoms with E-state index >= 15 is 0 Å². The topological polar surface area (TPSA) is 65.1 Å². The lowest BCUT2D eigenvalue weighted by molar-refractivity contribution is 0.188. The number of nitrogens with two attached hydrogens (primary N) is 1. The first-order valence-corrected chi connectivity index (χ1v) is 8.49. The molecule has 0 spiro atoms. The molecule has 2 heterocycles. The van der Waals surface area contributed by atoms with Crippen LogP contribution in [0.15, 0.2) is 25.9 Å². The zero-order valence-corrected chi connectivity index (χ0v) is 15.0. The Balaban J connectivity index is 2.24. The van der Waals surface area contributed by atoms with E-state index in [1.165, 1.54) is 0 Å². The van der Waals surface area contributed by atoms with Crippen LogP contribution in [-0.2, 0) is 11.3 Å². The highest BCUT2D eigenvalue weighted by atomic mass is 79.9.